The van der Waals surface area contributed by atoms with Gasteiger partial charge in [0.1, 0.15) is 5.69 Å². The first-order valence-corrected chi connectivity index (χ1v) is 4.13. The van der Waals surface area contributed by atoms with Gasteiger partial charge in [0.25, 0.3) is 0 Å². The summed E-state index contributed by atoms with van der Waals surface area (Å²) in [5.41, 5.74) is -1.81. The van der Waals surface area contributed by atoms with Gasteiger partial charge in [-0.25, -0.2) is 4.39 Å². The molecule has 0 atom stereocenters. The first-order chi connectivity index (χ1) is 5.84. The molecule has 0 aromatic carbocycles. The van der Waals surface area contributed by atoms with Crippen LogP contribution in [0.3, 0.4) is 0 Å². The molecule has 5 heteroatoms. The molecule has 0 spiro atoms. The Kier molecular flexibility index (Phi) is 2.43. The maximum Gasteiger partial charge on any atom is 0.218 e. The first-order valence-electron chi connectivity index (χ1n) is 3.75. The van der Waals surface area contributed by atoms with Gasteiger partial charge >= 0.3 is 0 Å². The van der Waals surface area contributed by atoms with Crippen molar-refractivity contribution in [2.75, 3.05) is 0 Å². The highest BCUT2D eigenvalue weighted by atomic mass is 35.5. The molecular weight excluding hydrogens is 195 g/mol. The number of aryl methyl sites for hydroxylation is 1. The Labute approximate surface area is 80.5 Å². The minimum Gasteiger partial charge on any atom is -0.289 e. The van der Waals surface area contributed by atoms with E-state index in [2.05, 4.69) is 5.10 Å². The molecule has 0 aliphatic rings. The Morgan fingerprint density at radius 2 is 2.23 bits per heavy atom. The number of hydrogen-bond acceptors (Lipinski definition) is 2. The topological polar surface area (TPSA) is 34.9 Å². The maximum absolute atomic E-state index is 13.3. The standard InChI is InChI=1S/C8H10ClFN2O/c1-8(2,10)7(13)6-5(9)4-11-12(6)3/h4H,1-3H3. The van der Waals surface area contributed by atoms with Crippen LogP contribution in [0.15, 0.2) is 6.20 Å². The van der Waals surface area contributed by atoms with Crippen molar-refractivity contribution in [2.45, 2.75) is 19.5 Å². The Morgan fingerprint density at radius 3 is 2.54 bits per heavy atom. The number of nitrogens with zero attached hydrogens (tertiary/aromatic N) is 2. The highest BCUT2D eigenvalue weighted by Crippen LogP contribution is 2.22. The summed E-state index contributed by atoms with van der Waals surface area (Å²) in [6.45, 7) is 2.39. The monoisotopic (exact) mass is 204 g/mol. The Bertz CT molecular complexity index is 321. The minimum absolute atomic E-state index is 0.106. The van der Waals surface area contributed by atoms with Crippen molar-refractivity contribution in [1.29, 1.82) is 0 Å². The van der Waals surface area contributed by atoms with Gasteiger partial charge in [0, 0.05) is 7.05 Å². The third-order valence-electron chi connectivity index (χ3n) is 1.65. The Hall–Kier alpha value is -0.900. The zero-order chi connectivity index (χ0) is 10.2. The van der Waals surface area contributed by atoms with Crippen LogP contribution in [0.4, 0.5) is 4.39 Å². The number of ketones is 1. The van der Waals surface area contributed by atoms with E-state index in [4.69, 9.17) is 11.6 Å². The van der Waals surface area contributed by atoms with E-state index in [1.165, 1.54) is 24.7 Å². The molecule has 72 valence electrons. The van der Waals surface area contributed by atoms with Crippen LogP contribution in [-0.4, -0.2) is 21.2 Å². The molecule has 1 aromatic rings. The summed E-state index contributed by atoms with van der Waals surface area (Å²) >= 11 is 5.68. The van der Waals surface area contributed by atoms with E-state index in [1.54, 1.807) is 7.05 Å². The molecule has 0 aliphatic carbocycles. The molecule has 0 N–H and O–H groups in total. The fraction of sp³-hybridized carbons (Fsp3) is 0.500. The molecular formula is C8H10ClFN2O. The fourth-order valence-corrected chi connectivity index (χ4v) is 1.20. The SMILES string of the molecule is Cn1ncc(Cl)c1C(=O)C(C)(C)F. The number of Topliss-reactive ketones (excluding diaryl/α,β-unsaturated/α-hetero) is 1. The number of carbonyl (C=O) groups excluding carboxylic acids is 1. The third-order valence-corrected chi connectivity index (χ3v) is 1.93. The van der Waals surface area contributed by atoms with Gasteiger partial charge in [0.15, 0.2) is 5.67 Å². The van der Waals surface area contributed by atoms with Gasteiger partial charge < -0.3 is 0 Å². The predicted molar refractivity (Wildman–Crippen MR) is 47.7 cm³/mol. The molecule has 1 rings (SSSR count). The molecule has 1 heterocycles. The van der Waals surface area contributed by atoms with Crippen LogP contribution >= 0.6 is 11.6 Å². The van der Waals surface area contributed by atoms with Crippen molar-refractivity contribution in [3.63, 3.8) is 0 Å². The van der Waals surface area contributed by atoms with E-state index in [-0.39, 0.29) is 10.7 Å². The van der Waals surface area contributed by atoms with Gasteiger partial charge in [0.2, 0.25) is 5.78 Å². The average molecular weight is 205 g/mol. The molecule has 1 aromatic heterocycles. The quantitative estimate of drug-likeness (QED) is 0.691. The van der Waals surface area contributed by atoms with Crippen LogP contribution in [0.1, 0.15) is 24.3 Å². The normalized spacial score (nSPS) is 11.8. The lowest BCUT2D eigenvalue weighted by atomic mass is 10.0. The van der Waals surface area contributed by atoms with Gasteiger partial charge in [0.05, 0.1) is 11.2 Å². The number of alkyl halides is 1. The van der Waals surface area contributed by atoms with Crippen LogP contribution in [0.2, 0.25) is 5.02 Å². The number of hydrogen-bond donors (Lipinski definition) is 0. The molecule has 0 radical (unpaired) electrons. The summed E-state index contributed by atoms with van der Waals surface area (Å²) < 4.78 is 14.5. The van der Waals surface area contributed by atoms with E-state index in [0.717, 1.165) is 0 Å². The summed E-state index contributed by atoms with van der Waals surface area (Å²) in [6, 6.07) is 0. The molecule has 0 fully saturated rings. The highest BCUT2D eigenvalue weighted by molar-refractivity contribution is 6.33. The largest absolute Gasteiger partial charge is 0.289 e. The van der Waals surface area contributed by atoms with Crippen LogP contribution in [0.25, 0.3) is 0 Å². The lowest BCUT2D eigenvalue weighted by molar-refractivity contribution is 0.0750. The van der Waals surface area contributed by atoms with Gasteiger partial charge in [-0.2, -0.15) is 5.10 Å². The second kappa shape index (κ2) is 3.10. The summed E-state index contributed by atoms with van der Waals surface area (Å²) in [4.78, 5) is 11.4. The van der Waals surface area contributed by atoms with Crippen LogP contribution < -0.4 is 0 Å². The second-order valence-corrected chi connectivity index (χ2v) is 3.67. The Morgan fingerprint density at radius 1 is 1.69 bits per heavy atom. The van der Waals surface area contributed by atoms with Crippen molar-refractivity contribution in [1.82, 2.24) is 9.78 Å². The van der Waals surface area contributed by atoms with Crippen LogP contribution in [0.5, 0.6) is 0 Å². The molecule has 0 saturated heterocycles. The van der Waals surface area contributed by atoms with Crippen molar-refractivity contribution in [2.24, 2.45) is 7.05 Å². The highest BCUT2D eigenvalue weighted by Gasteiger charge is 2.31. The molecule has 0 bridgehead atoms. The summed E-state index contributed by atoms with van der Waals surface area (Å²) in [5, 5.41) is 3.93. The van der Waals surface area contributed by atoms with Gasteiger partial charge in [-0.05, 0) is 13.8 Å². The van der Waals surface area contributed by atoms with E-state index in [0.29, 0.717) is 0 Å². The number of rotatable bonds is 2. The smallest absolute Gasteiger partial charge is 0.218 e. The summed E-state index contributed by atoms with van der Waals surface area (Å²) in [7, 11) is 1.55. The molecule has 0 unspecified atom stereocenters. The molecule has 3 nitrogen and oxygen atoms in total. The van der Waals surface area contributed by atoms with Gasteiger partial charge in [-0.15, -0.1) is 0 Å². The van der Waals surface area contributed by atoms with Crippen LogP contribution in [0, 0.1) is 0 Å². The van der Waals surface area contributed by atoms with E-state index < -0.39 is 11.5 Å². The van der Waals surface area contributed by atoms with Crippen LogP contribution in [-0.2, 0) is 7.05 Å². The van der Waals surface area contributed by atoms with E-state index in [9.17, 15) is 9.18 Å². The molecule has 13 heavy (non-hydrogen) atoms. The van der Waals surface area contributed by atoms with Gasteiger partial charge in [-0.3, -0.25) is 9.48 Å². The zero-order valence-corrected chi connectivity index (χ0v) is 8.39. The fourth-order valence-electron chi connectivity index (χ4n) is 0.948. The Balaban J connectivity index is 3.16. The third kappa shape index (κ3) is 1.88. The number of carbonyl (C=O) groups is 1. The summed E-state index contributed by atoms with van der Waals surface area (Å²) in [5.74, 6) is -0.655. The van der Waals surface area contributed by atoms with E-state index in [1.807, 2.05) is 0 Å². The lowest BCUT2D eigenvalue weighted by Gasteiger charge is -2.12. The second-order valence-electron chi connectivity index (χ2n) is 3.27. The number of aromatic nitrogens is 2. The number of halogens is 2. The van der Waals surface area contributed by atoms with E-state index >= 15 is 0 Å². The van der Waals surface area contributed by atoms with Crippen molar-refractivity contribution < 1.29 is 9.18 Å². The first kappa shape index (κ1) is 10.2. The molecule has 0 saturated carbocycles. The zero-order valence-electron chi connectivity index (χ0n) is 7.64. The predicted octanol–water partition coefficient (Wildman–Crippen LogP) is 2.00. The molecule has 0 aliphatic heterocycles. The maximum atomic E-state index is 13.3. The lowest BCUT2D eigenvalue weighted by Crippen LogP contribution is -2.28. The van der Waals surface area contributed by atoms with Gasteiger partial charge in [-0.1, -0.05) is 11.6 Å². The minimum atomic E-state index is -1.92. The van der Waals surface area contributed by atoms with Crippen molar-refractivity contribution in [3.8, 4) is 0 Å². The van der Waals surface area contributed by atoms with Crippen molar-refractivity contribution in [3.05, 3.63) is 16.9 Å². The molecule has 0 amide bonds. The van der Waals surface area contributed by atoms with Crippen molar-refractivity contribution >= 4 is 17.4 Å². The average Bonchev–Trinajstić information content (AvgIpc) is 2.28. The summed E-state index contributed by atoms with van der Waals surface area (Å²) in [6.07, 6.45) is 1.32.